The number of amides is 4. The van der Waals surface area contributed by atoms with Gasteiger partial charge in [0.05, 0.1) is 75.1 Å². The molecule has 4 amide bonds. The van der Waals surface area contributed by atoms with Gasteiger partial charge in [-0.05, 0) is 19.3 Å². The van der Waals surface area contributed by atoms with Crippen LogP contribution in [0.25, 0.3) is 0 Å². The van der Waals surface area contributed by atoms with E-state index in [0.717, 1.165) is 24.2 Å². The number of rotatable bonds is 18. The second-order valence-corrected chi connectivity index (χ2v) is 11.9. The van der Waals surface area contributed by atoms with Crippen molar-refractivity contribution in [1.82, 2.24) is 15.5 Å². The van der Waals surface area contributed by atoms with Crippen LogP contribution in [0.5, 0.6) is 0 Å². The fraction of sp³-hybridized carbons (Fsp3) is 0.828. The Labute approximate surface area is 252 Å². The van der Waals surface area contributed by atoms with E-state index in [1.165, 1.54) is 0 Å². The molecule has 0 atom stereocenters. The summed E-state index contributed by atoms with van der Waals surface area (Å²) in [6.45, 7) is 9.46. The van der Waals surface area contributed by atoms with E-state index in [1.807, 2.05) is 20.8 Å². The average molecular weight is 614 g/mol. The molecule has 0 saturated carbocycles. The molecule has 0 aromatic rings. The van der Waals surface area contributed by atoms with Gasteiger partial charge in [-0.15, -0.1) is 0 Å². The van der Waals surface area contributed by atoms with Crippen LogP contribution in [-0.2, 0) is 42.8 Å². The molecule has 0 aromatic heterocycles. The van der Waals surface area contributed by atoms with E-state index >= 15 is 0 Å². The van der Waals surface area contributed by atoms with Crippen LogP contribution in [0.1, 0.15) is 59.3 Å². The van der Waals surface area contributed by atoms with Gasteiger partial charge in [0.1, 0.15) is 19.8 Å². The second-order valence-electron chi connectivity index (χ2n) is 11.9. The molecule has 0 bridgehead atoms. The van der Waals surface area contributed by atoms with Crippen LogP contribution in [0.15, 0.2) is 0 Å². The Balaban J connectivity index is 1.44. The van der Waals surface area contributed by atoms with Crippen molar-refractivity contribution >= 4 is 30.0 Å². The van der Waals surface area contributed by atoms with Crippen molar-refractivity contribution in [2.24, 2.45) is 16.2 Å². The molecular weight excluding hydrogens is 566 g/mol. The summed E-state index contributed by atoms with van der Waals surface area (Å²) in [4.78, 5) is 63.4. The van der Waals surface area contributed by atoms with Crippen molar-refractivity contribution in [2.45, 2.75) is 59.3 Å². The average Bonchev–Trinajstić information content (AvgIpc) is 2.92. The van der Waals surface area contributed by atoms with E-state index in [9.17, 15) is 24.0 Å². The highest BCUT2D eigenvalue weighted by molar-refractivity contribution is 5.94. The zero-order chi connectivity index (χ0) is 31.3. The van der Waals surface area contributed by atoms with E-state index in [0.29, 0.717) is 39.6 Å². The fourth-order valence-corrected chi connectivity index (χ4v) is 4.49. The molecule has 3 aliphatic heterocycles. The molecule has 14 heteroatoms. The number of imide groups is 1. The van der Waals surface area contributed by atoms with Gasteiger partial charge in [0, 0.05) is 19.6 Å². The smallest absolute Gasteiger partial charge is 0.325 e. The number of ether oxygens (including phenoxy) is 6. The van der Waals surface area contributed by atoms with E-state index in [1.54, 1.807) is 0 Å². The topological polar surface area (TPSA) is 168 Å². The lowest BCUT2D eigenvalue weighted by Gasteiger charge is -2.40. The molecule has 3 rings (SSSR count). The van der Waals surface area contributed by atoms with Crippen molar-refractivity contribution in [1.29, 1.82) is 0 Å². The lowest BCUT2D eigenvalue weighted by molar-refractivity contribution is -0.170. The maximum absolute atomic E-state index is 12.9. The Bertz CT molecular complexity index is 904. The number of nitrogens with one attached hydrogen (secondary N) is 2. The summed E-state index contributed by atoms with van der Waals surface area (Å²) in [7, 11) is 0. The molecule has 14 nitrogen and oxygen atoms in total. The highest BCUT2D eigenvalue weighted by Gasteiger charge is 2.40. The number of carbonyl (C=O) groups excluding carboxylic acids is 5. The number of esters is 3. The first-order valence-electron chi connectivity index (χ1n) is 15.1. The van der Waals surface area contributed by atoms with Gasteiger partial charge in [0.15, 0.2) is 0 Å². The third kappa shape index (κ3) is 10.0. The summed E-state index contributed by atoms with van der Waals surface area (Å²) in [5, 5.41) is 5.05. The van der Waals surface area contributed by atoms with Crippen molar-refractivity contribution < 1.29 is 52.4 Å². The molecule has 43 heavy (non-hydrogen) atoms. The van der Waals surface area contributed by atoms with Crippen LogP contribution in [0.4, 0.5) is 9.59 Å². The minimum absolute atomic E-state index is 0.0737. The predicted molar refractivity (Wildman–Crippen MR) is 151 cm³/mol. The zero-order valence-corrected chi connectivity index (χ0v) is 25.7. The van der Waals surface area contributed by atoms with Gasteiger partial charge in [-0.3, -0.25) is 14.4 Å². The van der Waals surface area contributed by atoms with Crippen LogP contribution in [0.2, 0.25) is 0 Å². The molecule has 0 aliphatic carbocycles. The number of hydrogen-bond donors (Lipinski definition) is 2. The molecule has 3 saturated heterocycles. The largest absolute Gasteiger partial charge is 0.465 e. The lowest BCUT2D eigenvalue weighted by atomic mass is 9.84. The van der Waals surface area contributed by atoms with Gasteiger partial charge >= 0.3 is 30.0 Å². The van der Waals surface area contributed by atoms with Gasteiger partial charge in [0.25, 0.3) is 0 Å². The first kappa shape index (κ1) is 34.5. The summed E-state index contributed by atoms with van der Waals surface area (Å²) in [5.41, 5.74) is -0.501. The van der Waals surface area contributed by atoms with Gasteiger partial charge in [-0.25, -0.2) is 14.5 Å². The van der Waals surface area contributed by atoms with Crippen LogP contribution in [0, 0.1) is 16.2 Å². The van der Waals surface area contributed by atoms with Crippen molar-refractivity contribution in [3.63, 3.8) is 0 Å². The van der Waals surface area contributed by atoms with Gasteiger partial charge in [-0.2, -0.15) is 0 Å². The summed E-state index contributed by atoms with van der Waals surface area (Å²) >= 11 is 0. The molecule has 0 unspecified atom stereocenters. The molecule has 0 spiro atoms. The molecule has 2 N–H and O–H groups in total. The molecule has 3 heterocycles. The molecule has 3 fully saturated rings. The Morgan fingerprint density at radius 2 is 0.907 bits per heavy atom. The Kier molecular flexibility index (Phi) is 13.0. The standard InChI is InChI=1S/C29H47N3O11/c1-4-27(13-38-14-27)19-41-22(33)7-10-30-25(36)32(12-9-24(35)43-21-29(6-3)17-40-18-29)26(37)31-11-8-23(34)42-20-28(5-2)15-39-16-28/h4-21H2,1-3H3,(H,30,36)(H,31,37). The molecular formula is C29H47N3O11. The quantitative estimate of drug-likeness (QED) is 0.171. The Morgan fingerprint density at radius 1 is 0.581 bits per heavy atom. The normalized spacial score (nSPS) is 19.0. The minimum atomic E-state index is -0.801. The molecule has 3 aliphatic rings. The SMILES string of the molecule is CCC1(COC(=O)CCNC(=O)N(CCC(=O)OCC2(CC)COC2)C(=O)NCCC(=O)OCC2(CC)COC2)COC1. The summed E-state index contributed by atoms with van der Waals surface area (Å²) in [6, 6.07) is -1.60. The second kappa shape index (κ2) is 16.2. The predicted octanol–water partition coefficient (Wildman–Crippen LogP) is 1.79. The van der Waals surface area contributed by atoms with Gasteiger partial charge in [0.2, 0.25) is 0 Å². The van der Waals surface area contributed by atoms with Crippen molar-refractivity contribution in [3.05, 3.63) is 0 Å². The third-order valence-electron chi connectivity index (χ3n) is 8.56. The number of nitrogens with zero attached hydrogens (tertiary/aromatic N) is 1. The maximum atomic E-state index is 12.9. The van der Waals surface area contributed by atoms with E-state index in [2.05, 4.69) is 10.6 Å². The number of urea groups is 2. The van der Waals surface area contributed by atoms with Crippen LogP contribution in [-0.4, -0.2) is 114 Å². The first-order chi connectivity index (χ1) is 20.6. The summed E-state index contributed by atoms with van der Waals surface area (Å²) < 4.78 is 31.7. The van der Waals surface area contributed by atoms with Gasteiger partial charge in [-0.1, -0.05) is 20.8 Å². The summed E-state index contributed by atoms with van der Waals surface area (Å²) in [5.74, 6) is -1.53. The number of hydrogen-bond acceptors (Lipinski definition) is 11. The minimum Gasteiger partial charge on any atom is -0.465 e. The van der Waals surface area contributed by atoms with Crippen molar-refractivity contribution in [3.8, 4) is 0 Å². The molecule has 0 aromatic carbocycles. The van der Waals surface area contributed by atoms with E-state index < -0.39 is 30.0 Å². The first-order valence-corrected chi connectivity index (χ1v) is 15.1. The van der Waals surface area contributed by atoms with E-state index in [-0.39, 0.29) is 75.0 Å². The summed E-state index contributed by atoms with van der Waals surface area (Å²) in [6.07, 6.45) is 2.02. The lowest BCUT2D eigenvalue weighted by Crippen LogP contribution is -2.50. The van der Waals surface area contributed by atoms with E-state index in [4.69, 9.17) is 28.4 Å². The molecule has 0 radical (unpaired) electrons. The Hall–Kier alpha value is -2.97. The number of carbonyl (C=O) groups is 5. The highest BCUT2D eigenvalue weighted by atomic mass is 16.6. The highest BCUT2D eigenvalue weighted by Crippen LogP contribution is 2.33. The maximum Gasteiger partial charge on any atom is 0.325 e. The van der Waals surface area contributed by atoms with Crippen LogP contribution in [0.3, 0.4) is 0 Å². The monoisotopic (exact) mass is 613 g/mol. The Morgan fingerprint density at radius 3 is 1.19 bits per heavy atom. The third-order valence-corrected chi connectivity index (χ3v) is 8.56. The molecule has 244 valence electrons. The zero-order valence-electron chi connectivity index (χ0n) is 25.7. The van der Waals surface area contributed by atoms with Crippen LogP contribution >= 0.6 is 0 Å². The fourth-order valence-electron chi connectivity index (χ4n) is 4.49. The van der Waals surface area contributed by atoms with Crippen molar-refractivity contribution in [2.75, 3.05) is 79.1 Å². The van der Waals surface area contributed by atoms with Gasteiger partial charge < -0.3 is 39.1 Å². The van der Waals surface area contributed by atoms with Crippen LogP contribution < -0.4 is 10.6 Å².